The molecule has 0 aliphatic carbocycles. The smallest absolute Gasteiger partial charge is 0.227 e. The van der Waals surface area contributed by atoms with Crippen molar-refractivity contribution in [3.63, 3.8) is 0 Å². The minimum atomic E-state index is -0.0199. The van der Waals surface area contributed by atoms with Crippen LogP contribution in [0.15, 0.2) is 53.1 Å². The van der Waals surface area contributed by atoms with E-state index in [0.717, 1.165) is 16.9 Å². The molecule has 0 aliphatic rings. The van der Waals surface area contributed by atoms with Crippen LogP contribution < -0.4 is 4.74 Å². The molecule has 0 radical (unpaired) electrons. The predicted octanol–water partition coefficient (Wildman–Crippen LogP) is 3.21. The van der Waals surface area contributed by atoms with Gasteiger partial charge in [-0.1, -0.05) is 17.3 Å². The number of benzene rings is 2. The van der Waals surface area contributed by atoms with Crippen LogP contribution in [0.5, 0.6) is 5.75 Å². The number of aryl methyl sites for hydroxylation is 1. The van der Waals surface area contributed by atoms with Crippen LogP contribution >= 0.6 is 0 Å². The number of hydrogen-bond acceptors (Lipinski definition) is 6. The molecule has 142 valence electrons. The molecule has 1 heterocycles. The van der Waals surface area contributed by atoms with Crippen LogP contribution in [0.1, 0.15) is 23.4 Å². The fraction of sp³-hybridized carbons (Fsp3) is 0.238. The van der Waals surface area contributed by atoms with Crippen molar-refractivity contribution >= 4 is 5.91 Å². The zero-order valence-electron chi connectivity index (χ0n) is 15.8. The summed E-state index contributed by atoms with van der Waals surface area (Å²) in [5, 5.41) is 12.8. The lowest BCUT2D eigenvalue weighted by Gasteiger charge is -2.16. The number of nitrogens with zero attached hydrogens (tertiary/aromatic N) is 4. The Bertz CT molecular complexity index is 972. The van der Waals surface area contributed by atoms with E-state index in [1.807, 2.05) is 36.4 Å². The molecule has 28 heavy (non-hydrogen) atoms. The van der Waals surface area contributed by atoms with Crippen LogP contribution in [-0.2, 0) is 17.8 Å². The van der Waals surface area contributed by atoms with Crippen molar-refractivity contribution < 1.29 is 14.1 Å². The van der Waals surface area contributed by atoms with Gasteiger partial charge in [-0.3, -0.25) is 4.79 Å². The van der Waals surface area contributed by atoms with Crippen molar-refractivity contribution in [1.82, 2.24) is 15.0 Å². The topological polar surface area (TPSA) is 92.3 Å². The van der Waals surface area contributed by atoms with Crippen molar-refractivity contribution in [3.8, 4) is 23.2 Å². The summed E-state index contributed by atoms with van der Waals surface area (Å²) in [6.07, 6.45) is 0.650. The Morgan fingerprint density at radius 1 is 1.18 bits per heavy atom. The Hall–Kier alpha value is -3.66. The number of hydrogen-bond donors (Lipinski definition) is 0. The zero-order valence-corrected chi connectivity index (χ0v) is 15.8. The largest absolute Gasteiger partial charge is 0.497 e. The highest BCUT2D eigenvalue weighted by Gasteiger charge is 2.14. The highest BCUT2D eigenvalue weighted by atomic mass is 16.5. The summed E-state index contributed by atoms with van der Waals surface area (Å²) in [5.41, 5.74) is 2.39. The molecule has 0 saturated carbocycles. The molecular formula is C21H20N4O3. The van der Waals surface area contributed by atoms with Crippen LogP contribution in [-0.4, -0.2) is 35.1 Å². The van der Waals surface area contributed by atoms with Gasteiger partial charge in [-0.2, -0.15) is 10.2 Å². The Kier molecular flexibility index (Phi) is 6.02. The molecular weight excluding hydrogens is 356 g/mol. The minimum Gasteiger partial charge on any atom is -0.497 e. The fourth-order valence-electron chi connectivity index (χ4n) is 2.67. The molecule has 3 aromatic rings. The van der Waals surface area contributed by atoms with E-state index in [1.54, 1.807) is 31.2 Å². The minimum absolute atomic E-state index is 0.0199. The molecule has 7 heteroatoms. The normalized spacial score (nSPS) is 10.3. The van der Waals surface area contributed by atoms with E-state index in [4.69, 9.17) is 14.5 Å². The Morgan fingerprint density at radius 3 is 2.54 bits per heavy atom. The summed E-state index contributed by atoms with van der Waals surface area (Å²) in [7, 11) is 3.36. The van der Waals surface area contributed by atoms with E-state index in [0.29, 0.717) is 30.2 Å². The number of ether oxygens (including phenoxy) is 1. The Labute approximate surface area is 163 Å². The maximum absolute atomic E-state index is 12.4. The second-order valence-corrected chi connectivity index (χ2v) is 6.30. The quantitative estimate of drug-likeness (QED) is 0.629. The number of amides is 1. The monoisotopic (exact) mass is 376 g/mol. The summed E-state index contributed by atoms with van der Waals surface area (Å²) in [4.78, 5) is 18.4. The first kappa shape index (κ1) is 19.1. The Morgan fingerprint density at radius 2 is 1.89 bits per heavy atom. The van der Waals surface area contributed by atoms with Gasteiger partial charge in [0.25, 0.3) is 0 Å². The SMILES string of the molecule is COc1ccc(-c2noc(CCC(=O)N(C)Cc3ccc(C#N)cc3)n2)cc1. The lowest BCUT2D eigenvalue weighted by Crippen LogP contribution is -2.26. The van der Waals surface area contributed by atoms with Crippen LogP contribution in [0.4, 0.5) is 0 Å². The molecule has 2 aromatic carbocycles. The van der Waals surface area contributed by atoms with Gasteiger partial charge in [0.05, 0.1) is 18.7 Å². The fourth-order valence-corrected chi connectivity index (χ4v) is 2.67. The van der Waals surface area contributed by atoms with Gasteiger partial charge in [0, 0.05) is 32.0 Å². The molecule has 7 nitrogen and oxygen atoms in total. The van der Waals surface area contributed by atoms with E-state index < -0.39 is 0 Å². The molecule has 0 fully saturated rings. The van der Waals surface area contributed by atoms with Crippen LogP contribution in [0.2, 0.25) is 0 Å². The van der Waals surface area contributed by atoms with Crippen molar-refractivity contribution in [3.05, 3.63) is 65.5 Å². The highest BCUT2D eigenvalue weighted by molar-refractivity contribution is 5.76. The third-order valence-corrected chi connectivity index (χ3v) is 4.30. The van der Waals surface area contributed by atoms with Gasteiger partial charge in [0.1, 0.15) is 5.75 Å². The average molecular weight is 376 g/mol. The summed E-state index contributed by atoms with van der Waals surface area (Å²) in [5.74, 6) is 1.64. The molecule has 0 unspecified atom stereocenters. The molecule has 1 amide bonds. The first-order valence-electron chi connectivity index (χ1n) is 8.79. The van der Waals surface area contributed by atoms with Gasteiger partial charge in [0.2, 0.25) is 17.6 Å². The van der Waals surface area contributed by atoms with Crippen LogP contribution in [0, 0.1) is 11.3 Å². The van der Waals surface area contributed by atoms with Gasteiger partial charge >= 0.3 is 0 Å². The number of aromatic nitrogens is 2. The van der Waals surface area contributed by atoms with Gasteiger partial charge in [-0.05, 0) is 42.0 Å². The molecule has 3 rings (SSSR count). The van der Waals surface area contributed by atoms with E-state index in [9.17, 15) is 4.79 Å². The summed E-state index contributed by atoms with van der Waals surface area (Å²) >= 11 is 0. The van der Waals surface area contributed by atoms with Crippen molar-refractivity contribution in [1.29, 1.82) is 5.26 Å². The van der Waals surface area contributed by atoms with E-state index in [1.165, 1.54) is 0 Å². The molecule has 0 bridgehead atoms. The van der Waals surface area contributed by atoms with Crippen molar-refractivity contribution in [2.75, 3.05) is 14.2 Å². The zero-order chi connectivity index (χ0) is 19.9. The second-order valence-electron chi connectivity index (χ2n) is 6.30. The van der Waals surface area contributed by atoms with Gasteiger partial charge in [-0.15, -0.1) is 0 Å². The van der Waals surface area contributed by atoms with Crippen molar-refractivity contribution in [2.24, 2.45) is 0 Å². The number of carbonyl (C=O) groups excluding carboxylic acids is 1. The van der Waals surface area contributed by atoms with Gasteiger partial charge < -0.3 is 14.2 Å². The molecule has 0 spiro atoms. The predicted molar refractivity (Wildman–Crippen MR) is 102 cm³/mol. The van der Waals surface area contributed by atoms with Crippen LogP contribution in [0.25, 0.3) is 11.4 Å². The Balaban J connectivity index is 1.53. The molecule has 0 atom stereocenters. The van der Waals surface area contributed by atoms with E-state index in [-0.39, 0.29) is 12.3 Å². The number of methoxy groups -OCH3 is 1. The third-order valence-electron chi connectivity index (χ3n) is 4.30. The first-order chi connectivity index (χ1) is 13.6. The van der Waals surface area contributed by atoms with Crippen LogP contribution in [0.3, 0.4) is 0 Å². The molecule has 0 N–H and O–H groups in total. The molecule has 0 saturated heterocycles. The summed E-state index contributed by atoms with van der Waals surface area (Å²) < 4.78 is 10.4. The van der Waals surface area contributed by atoms with E-state index >= 15 is 0 Å². The maximum Gasteiger partial charge on any atom is 0.227 e. The third kappa shape index (κ3) is 4.74. The number of nitriles is 1. The van der Waals surface area contributed by atoms with Crippen molar-refractivity contribution in [2.45, 2.75) is 19.4 Å². The maximum atomic E-state index is 12.4. The summed E-state index contributed by atoms with van der Waals surface area (Å²) in [6, 6.07) is 16.6. The molecule has 1 aromatic heterocycles. The lowest BCUT2D eigenvalue weighted by atomic mass is 10.1. The second kappa shape index (κ2) is 8.82. The average Bonchev–Trinajstić information content (AvgIpc) is 3.21. The van der Waals surface area contributed by atoms with E-state index in [2.05, 4.69) is 16.2 Å². The molecule has 0 aliphatic heterocycles. The number of rotatable bonds is 7. The highest BCUT2D eigenvalue weighted by Crippen LogP contribution is 2.20. The lowest BCUT2D eigenvalue weighted by molar-refractivity contribution is -0.130. The number of carbonyl (C=O) groups is 1. The standard InChI is InChI=1S/C21H20N4O3/c1-25(14-16-5-3-15(13-22)4-6-16)20(26)12-11-19-23-21(24-28-19)17-7-9-18(27-2)10-8-17/h3-10H,11-12,14H2,1-2H3. The van der Waals surface area contributed by atoms with Gasteiger partial charge in [0.15, 0.2) is 0 Å². The first-order valence-corrected chi connectivity index (χ1v) is 8.79. The van der Waals surface area contributed by atoms with Gasteiger partial charge in [-0.25, -0.2) is 0 Å². The summed E-state index contributed by atoms with van der Waals surface area (Å²) in [6.45, 7) is 0.478.